The highest BCUT2D eigenvalue weighted by atomic mass is 16.5. The van der Waals surface area contributed by atoms with E-state index in [1.807, 2.05) is 51.1 Å². The van der Waals surface area contributed by atoms with Crippen molar-refractivity contribution >= 4 is 28.7 Å². The Bertz CT molecular complexity index is 1350. The zero-order valence-electron chi connectivity index (χ0n) is 20.8. The number of benzene rings is 2. The van der Waals surface area contributed by atoms with Gasteiger partial charge < -0.3 is 30.2 Å². The van der Waals surface area contributed by atoms with E-state index in [4.69, 9.17) is 21.5 Å². The van der Waals surface area contributed by atoms with Gasteiger partial charge >= 0.3 is 11.9 Å². The van der Waals surface area contributed by atoms with Gasteiger partial charge in [-0.3, -0.25) is 0 Å². The normalized spacial score (nSPS) is 17.7. The minimum absolute atomic E-state index is 0.277. The number of carboxylic acids is 2. The average Bonchev–Trinajstić information content (AvgIpc) is 2.85. The summed E-state index contributed by atoms with van der Waals surface area (Å²) in [5.74, 6) is -1.38. The summed E-state index contributed by atoms with van der Waals surface area (Å²) in [5.41, 5.74) is 3.15. The van der Waals surface area contributed by atoms with E-state index >= 15 is 0 Å². The first-order valence-electron chi connectivity index (χ1n) is 11.6. The van der Waals surface area contributed by atoms with Crippen LogP contribution < -0.4 is 10.1 Å². The molecule has 2 unspecified atom stereocenters. The number of hydrogen-bond acceptors (Lipinski definition) is 6. The van der Waals surface area contributed by atoms with Crippen LogP contribution in [0.2, 0.25) is 0 Å². The van der Waals surface area contributed by atoms with E-state index in [0.29, 0.717) is 18.0 Å². The maximum Gasteiger partial charge on any atom is 0.328 e. The van der Waals surface area contributed by atoms with Crippen LogP contribution in [0.3, 0.4) is 0 Å². The molecule has 0 saturated carbocycles. The predicted molar refractivity (Wildman–Crippen MR) is 139 cm³/mol. The number of fused-ring (bicyclic) bond motifs is 2. The van der Waals surface area contributed by atoms with Gasteiger partial charge in [0.05, 0.1) is 6.04 Å². The van der Waals surface area contributed by atoms with Crippen LogP contribution in [0.1, 0.15) is 36.6 Å². The molecule has 3 aromatic rings. The largest absolute Gasteiger partial charge is 0.485 e. The van der Waals surface area contributed by atoms with Crippen LogP contribution in [-0.4, -0.2) is 50.5 Å². The highest BCUT2D eigenvalue weighted by Gasteiger charge is 2.43. The van der Waals surface area contributed by atoms with Crippen molar-refractivity contribution in [3.05, 3.63) is 88.8 Å². The van der Waals surface area contributed by atoms with Gasteiger partial charge in [0.25, 0.3) is 5.82 Å². The summed E-state index contributed by atoms with van der Waals surface area (Å²) in [7, 11) is 0. The van der Waals surface area contributed by atoms with Crippen molar-refractivity contribution < 1.29 is 29.6 Å². The Kier molecular flexibility index (Phi) is 8.60. The second-order valence-corrected chi connectivity index (χ2v) is 9.14. The molecule has 0 amide bonds. The van der Waals surface area contributed by atoms with Crippen molar-refractivity contribution in [1.82, 2.24) is 10.3 Å². The SMILES string of the molecule is O=C(O)/C=C\C(=O)O.[C-]#[N+]c1cc(C)c2cc3c(cc2n1)C(NCCc1ccccc1)C(O)C(C)(C)O3. The van der Waals surface area contributed by atoms with E-state index in [9.17, 15) is 14.7 Å². The molecular formula is C28H29N3O6. The van der Waals surface area contributed by atoms with Gasteiger partial charge in [-0.2, -0.15) is 0 Å². The molecule has 9 heteroatoms. The lowest BCUT2D eigenvalue weighted by atomic mass is 9.85. The molecule has 0 bridgehead atoms. The third kappa shape index (κ3) is 6.91. The van der Waals surface area contributed by atoms with Gasteiger partial charge in [-0.1, -0.05) is 36.9 Å². The third-order valence-corrected chi connectivity index (χ3v) is 5.97. The molecule has 1 aliphatic rings. The van der Waals surface area contributed by atoms with Gasteiger partial charge in [-0.15, -0.1) is 4.98 Å². The first kappa shape index (κ1) is 27.3. The summed E-state index contributed by atoms with van der Waals surface area (Å²) in [4.78, 5) is 27.1. The lowest BCUT2D eigenvalue weighted by Crippen LogP contribution is -2.52. The average molecular weight is 504 g/mol. The van der Waals surface area contributed by atoms with E-state index in [1.54, 1.807) is 6.07 Å². The van der Waals surface area contributed by atoms with Crippen LogP contribution in [0.25, 0.3) is 15.7 Å². The predicted octanol–water partition coefficient (Wildman–Crippen LogP) is 4.21. The fourth-order valence-electron chi connectivity index (χ4n) is 4.10. The minimum atomic E-state index is -1.26. The number of aliphatic hydroxyl groups is 1. The highest BCUT2D eigenvalue weighted by Crippen LogP contribution is 2.42. The number of carbonyl (C=O) groups is 2. The molecule has 1 aliphatic heterocycles. The summed E-state index contributed by atoms with van der Waals surface area (Å²) in [6.07, 6.45) is 1.27. The number of pyridine rings is 1. The number of aromatic nitrogens is 1. The number of aryl methyl sites for hydroxylation is 1. The van der Waals surface area contributed by atoms with Gasteiger partial charge in [-0.25, -0.2) is 9.59 Å². The first-order chi connectivity index (χ1) is 17.5. The van der Waals surface area contributed by atoms with Gasteiger partial charge in [0.1, 0.15) is 17.5 Å². The van der Waals surface area contributed by atoms with Crippen molar-refractivity contribution in [2.45, 2.75) is 44.9 Å². The smallest absolute Gasteiger partial charge is 0.328 e. The number of hydrogen-bond donors (Lipinski definition) is 4. The number of aliphatic carboxylic acids is 2. The fourth-order valence-corrected chi connectivity index (χ4v) is 4.10. The van der Waals surface area contributed by atoms with Crippen LogP contribution in [-0.2, 0) is 16.0 Å². The zero-order chi connectivity index (χ0) is 27.2. The first-order valence-corrected chi connectivity index (χ1v) is 11.6. The molecule has 0 radical (unpaired) electrons. The third-order valence-electron chi connectivity index (χ3n) is 5.97. The monoisotopic (exact) mass is 503 g/mol. The molecule has 4 N–H and O–H groups in total. The Morgan fingerprint density at radius 3 is 2.38 bits per heavy atom. The standard InChI is InChI=1S/C24H25N3O2.C4H4O4/c1-15-12-21(25-4)27-19-13-18-20(14-17(15)19)29-24(2,3)23(28)22(18)26-11-10-16-8-6-5-7-9-16;5-3(6)1-2-4(7)8/h5-9,12-14,22-23,26,28H,10-11H2,1-3H3;1-2H,(H,5,6)(H,7,8)/b;2-1-. The topological polar surface area (TPSA) is 133 Å². The summed E-state index contributed by atoms with van der Waals surface area (Å²) in [6, 6.07) is 15.7. The van der Waals surface area contributed by atoms with Crippen LogP contribution in [0.4, 0.5) is 5.82 Å². The Balaban J connectivity index is 0.000000414. The number of nitrogens with one attached hydrogen (secondary N) is 1. The molecule has 0 spiro atoms. The van der Waals surface area contributed by atoms with E-state index in [1.165, 1.54) is 5.56 Å². The maximum absolute atomic E-state index is 11.0. The molecule has 37 heavy (non-hydrogen) atoms. The van der Waals surface area contributed by atoms with Crippen molar-refractivity contribution in [3.63, 3.8) is 0 Å². The van der Waals surface area contributed by atoms with E-state index in [2.05, 4.69) is 27.3 Å². The van der Waals surface area contributed by atoms with Gasteiger partial charge in [-0.05, 0) is 63.1 Å². The van der Waals surface area contributed by atoms with Crippen LogP contribution in [0, 0.1) is 13.5 Å². The minimum Gasteiger partial charge on any atom is -0.485 e. The second-order valence-electron chi connectivity index (χ2n) is 9.14. The molecule has 9 nitrogen and oxygen atoms in total. The van der Waals surface area contributed by atoms with Gasteiger partial charge in [0.2, 0.25) is 0 Å². The second kappa shape index (κ2) is 11.6. The van der Waals surface area contributed by atoms with Crippen molar-refractivity contribution in [2.75, 3.05) is 6.54 Å². The van der Waals surface area contributed by atoms with Crippen LogP contribution in [0.5, 0.6) is 5.75 Å². The van der Waals surface area contributed by atoms with Gasteiger partial charge in [0.15, 0.2) is 5.52 Å². The Morgan fingerprint density at radius 2 is 1.78 bits per heavy atom. The lowest BCUT2D eigenvalue weighted by molar-refractivity contribution is -0.134. The van der Waals surface area contributed by atoms with Crippen LogP contribution >= 0.6 is 0 Å². The Morgan fingerprint density at radius 1 is 1.14 bits per heavy atom. The molecule has 1 aromatic heterocycles. The molecule has 0 saturated heterocycles. The maximum atomic E-state index is 11.0. The number of rotatable bonds is 6. The summed E-state index contributed by atoms with van der Waals surface area (Å²) < 4.78 is 6.17. The summed E-state index contributed by atoms with van der Waals surface area (Å²) in [6.45, 7) is 13.8. The zero-order valence-corrected chi connectivity index (χ0v) is 20.8. The summed E-state index contributed by atoms with van der Waals surface area (Å²) >= 11 is 0. The molecular weight excluding hydrogens is 474 g/mol. The molecule has 0 aliphatic carbocycles. The highest BCUT2D eigenvalue weighted by molar-refractivity contribution is 5.89. The molecule has 4 rings (SSSR count). The molecule has 0 fully saturated rings. The quantitative estimate of drug-likeness (QED) is 0.290. The Hall–Kier alpha value is -4.26. The van der Waals surface area contributed by atoms with Gasteiger partial charge in [0, 0.05) is 23.1 Å². The lowest BCUT2D eigenvalue weighted by Gasteiger charge is -2.42. The molecule has 2 atom stereocenters. The fraction of sp³-hybridized carbons (Fsp3) is 0.286. The molecule has 2 aromatic carbocycles. The van der Waals surface area contributed by atoms with E-state index in [0.717, 1.165) is 40.7 Å². The van der Waals surface area contributed by atoms with E-state index in [-0.39, 0.29) is 6.04 Å². The summed E-state index contributed by atoms with van der Waals surface area (Å²) in [5, 5.41) is 31.1. The molecule has 2 heterocycles. The number of carboxylic acid groups (broad SMARTS) is 2. The van der Waals surface area contributed by atoms with Crippen LogP contribution in [0.15, 0.2) is 60.7 Å². The van der Waals surface area contributed by atoms with E-state index < -0.39 is 23.6 Å². The van der Waals surface area contributed by atoms with Crippen molar-refractivity contribution in [1.29, 1.82) is 0 Å². The van der Waals surface area contributed by atoms with Crippen molar-refractivity contribution in [2.24, 2.45) is 0 Å². The number of ether oxygens (including phenoxy) is 1. The van der Waals surface area contributed by atoms with Crippen molar-refractivity contribution in [3.8, 4) is 5.75 Å². The number of nitrogens with zero attached hydrogens (tertiary/aromatic N) is 2. The molecule has 192 valence electrons. The number of aliphatic hydroxyl groups excluding tert-OH is 1. The Labute approximate surface area is 214 Å².